The molecule has 108 valence electrons. The minimum absolute atomic E-state index is 0.190. The second-order valence-electron chi connectivity index (χ2n) is 4.68. The molecule has 2 rings (SSSR count). The maximum atomic E-state index is 5.25. The molecule has 0 bridgehead atoms. The van der Waals surface area contributed by atoms with Crippen molar-refractivity contribution in [1.29, 1.82) is 0 Å². The second kappa shape index (κ2) is 7.07. The number of methoxy groups -OCH3 is 2. The first kappa shape index (κ1) is 14.6. The van der Waals surface area contributed by atoms with Gasteiger partial charge in [0.05, 0.1) is 18.9 Å². The molecule has 0 saturated carbocycles. The van der Waals surface area contributed by atoms with E-state index in [1.54, 1.807) is 20.4 Å². The van der Waals surface area contributed by atoms with Gasteiger partial charge >= 0.3 is 0 Å². The minimum atomic E-state index is 0.190. The Hall–Kier alpha value is -1.85. The van der Waals surface area contributed by atoms with Gasteiger partial charge in [-0.25, -0.2) is 4.98 Å². The molecule has 1 N–H and O–H groups in total. The van der Waals surface area contributed by atoms with Crippen LogP contribution in [0.15, 0.2) is 36.7 Å². The van der Waals surface area contributed by atoms with Crippen molar-refractivity contribution in [2.45, 2.75) is 19.6 Å². The van der Waals surface area contributed by atoms with Crippen LogP contribution in [0.3, 0.4) is 0 Å². The molecule has 0 aliphatic carbocycles. The van der Waals surface area contributed by atoms with Crippen LogP contribution in [0.25, 0.3) is 5.69 Å². The van der Waals surface area contributed by atoms with Gasteiger partial charge in [-0.3, -0.25) is 4.57 Å². The van der Waals surface area contributed by atoms with E-state index < -0.39 is 0 Å². The lowest BCUT2D eigenvalue weighted by atomic mass is 10.2. The summed E-state index contributed by atoms with van der Waals surface area (Å²) in [4.78, 5) is 4.37. The van der Waals surface area contributed by atoms with Gasteiger partial charge in [0.1, 0.15) is 0 Å². The molecule has 1 aromatic heterocycles. The van der Waals surface area contributed by atoms with E-state index in [0.29, 0.717) is 13.2 Å². The number of benzene rings is 1. The number of ether oxygens (including phenoxy) is 2. The van der Waals surface area contributed by atoms with Crippen LogP contribution in [-0.4, -0.2) is 36.4 Å². The van der Waals surface area contributed by atoms with Gasteiger partial charge < -0.3 is 14.8 Å². The van der Waals surface area contributed by atoms with Crippen molar-refractivity contribution in [2.24, 2.45) is 0 Å². The molecule has 0 aliphatic rings. The first-order chi connectivity index (χ1) is 9.76. The first-order valence-electron chi connectivity index (χ1n) is 6.62. The predicted octanol–water partition coefficient (Wildman–Crippen LogP) is 2.47. The van der Waals surface area contributed by atoms with Crippen LogP contribution in [-0.2, 0) is 16.1 Å². The van der Waals surface area contributed by atoms with Crippen LogP contribution in [0.5, 0.6) is 0 Å². The average molecular weight is 275 g/mol. The van der Waals surface area contributed by atoms with Gasteiger partial charge in [-0.2, -0.15) is 0 Å². The molecule has 2 aromatic rings. The molecule has 5 heteroatoms. The Morgan fingerprint density at radius 3 is 2.80 bits per heavy atom. The number of nitrogens with zero attached hydrogens (tertiary/aromatic N) is 2. The Kier molecular flexibility index (Phi) is 5.15. The van der Waals surface area contributed by atoms with Gasteiger partial charge in [0.2, 0.25) is 5.95 Å². The first-order valence-corrected chi connectivity index (χ1v) is 6.62. The predicted molar refractivity (Wildman–Crippen MR) is 79.2 cm³/mol. The Labute approximate surface area is 119 Å². The summed E-state index contributed by atoms with van der Waals surface area (Å²) in [6.45, 7) is 3.26. The highest BCUT2D eigenvalue weighted by atomic mass is 16.5. The molecule has 1 heterocycles. The number of nitrogens with one attached hydrogen (secondary N) is 1. The molecule has 20 heavy (non-hydrogen) atoms. The average Bonchev–Trinajstić information content (AvgIpc) is 2.88. The summed E-state index contributed by atoms with van der Waals surface area (Å²) in [7, 11) is 3.39. The van der Waals surface area contributed by atoms with Crippen LogP contribution < -0.4 is 5.32 Å². The molecular weight excluding hydrogens is 254 g/mol. The van der Waals surface area contributed by atoms with E-state index in [0.717, 1.165) is 17.2 Å². The van der Waals surface area contributed by atoms with Gasteiger partial charge in [0.15, 0.2) is 0 Å². The summed E-state index contributed by atoms with van der Waals surface area (Å²) in [6.07, 6.45) is 3.72. The van der Waals surface area contributed by atoms with Gasteiger partial charge in [0.25, 0.3) is 0 Å². The highest BCUT2D eigenvalue weighted by Gasteiger charge is 2.11. The fourth-order valence-corrected chi connectivity index (χ4v) is 2.14. The minimum Gasteiger partial charge on any atom is -0.383 e. The SMILES string of the molecule is COCc1ccccc1-n1ccnc1NC(C)COC. The Bertz CT molecular complexity index is 539. The zero-order valence-electron chi connectivity index (χ0n) is 12.2. The molecule has 5 nitrogen and oxygen atoms in total. The van der Waals surface area contributed by atoms with Crippen LogP contribution in [0.4, 0.5) is 5.95 Å². The third-order valence-electron chi connectivity index (χ3n) is 2.98. The molecular formula is C15H21N3O2. The Balaban J connectivity index is 2.27. The van der Waals surface area contributed by atoms with E-state index >= 15 is 0 Å². The summed E-state index contributed by atoms with van der Waals surface area (Å²) in [6, 6.07) is 8.33. The molecule has 0 spiro atoms. The standard InChI is InChI=1S/C15H21N3O2/c1-12(10-19-2)17-15-16-8-9-18(15)14-7-5-4-6-13(14)11-20-3/h4-9,12H,10-11H2,1-3H3,(H,16,17). The van der Waals surface area contributed by atoms with Crippen LogP contribution >= 0.6 is 0 Å². The number of imidazole rings is 1. The number of para-hydroxylation sites is 1. The molecule has 1 aromatic carbocycles. The Morgan fingerprint density at radius 2 is 2.05 bits per heavy atom. The zero-order valence-corrected chi connectivity index (χ0v) is 12.2. The van der Waals surface area contributed by atoms with Crippen molar-refractivity contribution in [3.63, 3.8) is 0 Å². The molecule has 0 amide bonds. The highest BCUT2D eigenvalue weighted by molar-refractivity contribution is 5.47. The van der Waals surface area contributed by atoms with Crippen molar-refractivity contribution in [3.8, 4) is 5.69 Å². The lowest BCUT2D eigenvalue weighted by Crippen LogP contribution is -2.23. The highest BCUT2D eigenvalue weighted by Crippen LogP contribution is 2.20. The van der Waals surface area contributed by atoms with E-state index in [1.807, 2.05) is 22.9 Å². The maximum absolute atomic E-state index is 5.25. The monoisotopic (exact) mass is 275 g/mol. The summed E-state index contributed by atoms with van der Waals surface area (Å²) in [5.74, 6) is 0.804. The largest absolute Gasteiger partial charge is 0.383 e. The maximum Gasteiger partial charge on any atom is 0.207 e. The number of hydrogen-bond donors (Lipinski definition) is 1. The van der Waals surface area contributed by atoms with Crippen molar-refractivity contribution >= 4 is 5.95 Å². The third-order valence-corrected chi connectivity index (χ3v) is 2.98. The second-order valence-corrected chi connectivity index (χ2v) is 4.68. The number of hydrogen-bond acceptors (Lipinski definition) is 4. The van der Waals surface area contributed by atoms with Crippen LogP contribution in [0.2, 0.25) is 0 Å². The fourth-order valence-electron chi connectivity index (χ4n) is 2.14. The van der Waals surface area contributed by atoms with Gasteiger partial charge in [0, 0.05) is 38.2 Å². The van der Waals surface area contributed by atoms with Crippen LogP contribution in [0.1, 0.15) is 12.5 Å². The fraction of sp³-hybridized carbons (Fsp3) is 0.400. The van der Waals surface area contributed by atoms with Gasteiger partial charge in [-0.1, -0.05) is 18.2 Å². The number of rotatable bonds is 7. The van der Waals surface area contributed by atoms with E-state index in [2.05, 4.69) is 29.4 Å². The summed E-state index contributed by atoms with van der Waals surface area (Å²) in [5.41, 5.74) is 2.19. The molecule has 0 fully saturated rings. The van der Waals surface area contributed by atoms with E-state index in [4.69, 9.17) is 9.47 Å². The number of anilines is 1. The van der Waals surface area contributed by atoms with Crippen molar-refractivity contribution < 1.29 is 9.47 Å². The topological polar surface area (TPSA) is 48.3 Å². The molecule has 0 aliphatic heterocycles. The van der Waals surface area contributed by atoms with Crippen LogP contribution in [0, 0.1) is 0 Å². The summed E-state index contributed by atoms with van der Waals surface area (Å²) < 4.78 is 12.4. The Morgan fingerprint density at radius 1 is 1.25 bits per heavy atom. The van der Waals surface area contributed by atoms with Crippen molar-refractivity contribution in [1.82, 2.24) is 9.55 Å². The van der Waals surface area contributed by atoms with Gasteiger partial charge in [-0.05, 0) is 13.0 Å². The van der Waals surface area contributed by atoms with E-state index in [-0.39, 0.29) is 6.04 Å². The molecule has 1 unspecified atom stereocenters. The summed E-state index contributed by atoms with van der Waals surface area (Å²) in [5, 5.41) is 3.35. The quantitative estimate of drug-likeness (QED) is 0.843. The zero-order chi connectivity index (χ0) is 14.4. The van der Waals surface area contributed by atoms with Gasteiger partial charge in [-0.15, -0.1) is 0 Å². The number of aromatic nitrogens is 2. The lowest BCUT2D eigenvalue weighted by Gasteiger charge is -2.17. The van der Waals surface area contributed by atoms with Crippen molar-refractivity contribution in [3.05, 3.63) is 42.2 Å². The molecule has 0 saturated heterocycles. The smallest absolute Gasteiger partial charge is 0.207 e. The normalized spacial score (nSPS) is 12.3. The molecule has 1 atom stereocenters. The van der Waals surface area contributed by atoms with E-state index in [1.165, 1.54) is 0 Å². The third kappa shape index (κ3) is 3.37. The van der Waals surface area contributed by atoms with E-state index in [9.17, 15) is 0 Å². The van der Waals surface area contributed by atoms with Crippen molar-refractivity contribution in [2.75, 3.05) is 26.1 Å². The molecule has 0 radical (unpaired) electrons. The lowest BCUT2D eigenvalue weighted by molar-refractivity contribution is 0.184. The summed E-state index contributed by atoms with van der Waals surface area (Å²) >= 11 is 0.